The van der Waals surface area contributed by atoms with E-state index in [1.54, 1.807) is 6.07 Å². The molecule has 7 heteroatoms. The zero-order valence-electron chi connectivity index (χ0n) is 11.3. The molecular weight excluding hydrogens is 246 g/mol. The molecule has 0 amide bonds. The van der Waals surface area contributed by atoms with E-state index in [2.05, 4.69) is 15.6 Å². The number of nitrogens with one attached hydrogen (secondary N) is 2. The second-order valence-electron chi connectivity index (χ2n) is 4.61. The van der Waals surface area contributed by atoms with Gasteiger partial charge >= 0.3 is 0 Å². The number of anilines is 2. The van der Waals surface area contributed by atoms with Crippen LogP contribution in [0, 0.1) is 10.1 Å². The first-order chi connectivity index (χ1) is 9.02. The van der Waals surface area contributed by atoms with Crippen LogP contribution >= 0.6 is 0 Å². The maximum absolute atomic E-state index is 10.8. The quantitative estimate of drug-likeness (QED) is 0.287. The van der Waals surface area contributed by atoms with Gasteiger partial charge < -0.3 is 15.6 Å². The van der Waals surface area contributed by atoms with Crippen molar-refractivity contribution in [3.05, 3.63) is 28.3 Å². The average Bonchev–Trinajstić information content (AvgIpc) is 2.37. The van der Waals surface area contributed by atoms with Crippen LogP contribution in [0.5, 0.6) is 0 Å². The second kappa shape index (κ2) is 7.55. The lowest BCUT2D eigenvalue weighted by molar-refractivity contribution is -0.384. The molecule has 0 saturated heterocycles. The van der Waals surface area contributed by atoms with Gasteiger partial charge in [0, 0.05) is 24.4 Å². The Bertz CT molecular complexity index is 423. The van der Waals surface area contributed by atoms with Gasteiger partial charge in [-0.05, 0) is 39.5 Å². The van der Waals surface area contributed by atoms with Gasteiger partial charge in [-0.2, -0.15) is 0 Å². The van der Waals surface area contributed by atoms with E-state index >= 15 is 0 Å². The van der Waals surface area contributed by atoms with Gasteiger partial charge in [0.25, 0.3) is 5.69 Å². The van der Waals surface area contributed by atoms with E-state index in [4.69, 9.17) is 5.84 Å². The molecule has 1 aromatic rings. The smallest absolute Gasteiger partial charge is 0.273 e. The second-order valence-corrected chi connectivity index (χ2v) is 4.61. The third-order valence-corrected chi connectivity index (χ3v) is 2.66. The van der Waals surface area contributed by atoms with Crippen molar-refractivity contribution in [2.75, 3.05) is 37.9 Å². The molecule has 0 aromatic heterocycles. The number of nitro benzene ring substituents is 1. The third kappa shape index (κ3) is 5.54. The molecule has 19 heavy (non-hydrogen) atoms. The summed E-state index contributed by atoms with van der Waals surface area (Å²) in [6, 6.07) is 4.66. The first-order valence-corrected chi connectivity index (χ1v) is 6.17. The van der Waals surface area contributed by atoms with Gasteiger partial charge in [0.2, 0.25) is 0 Å². The molecule has 106 valence electrons. The maximum atomic E-state index is 10.8. The van der Waals surface area contributed by atoms with Gasteiger partial charge in [0.1, 0.15) is 0 Å². The third-order valence-electron chi connectivity index (χ3n) is 2.66. The van der Waals surface area contributed by atoms with Crippen LogP contribution in [0.15, 0.2) is 18.2 Å². The molecule has 0 aliphatic rings. The van der Waals surface area contributed by atoms with Crippen LogP contribution in [0.2, 0.25) is 0 Å². The molecule has 0 heterocycles. The summed E-state index contributed by atoms with van der Waals surface area (Å²) in [6.07, 6.45) is 2.09. The van der Waals surface area contributed by atoms with Crippen LogP contribution in [0.4, 0.5) is 17.1 Å². The van der Waals surface area contributed by atoms with Crippen molar-refractivity contribution in [1.82, 2.24) is 4.90 Å². The molecule has 0 radical (unpaired) electrons. The summed E-state index contributed by atoms with van der Waals surface area (Å²) in [5.41, 5.74) is 3.67. The highest BCUT2D eigenvalue weighted by atomic mass is 16.6. The van der Waals surface area contributed by atoms with Crippen LogP contribution in [0.1, 0.15) is 12.8 Å². The van der Waals surface area contributed by atoms with Crippen LogP contribution in [-0.2, 0) is 0 Å². The lowest BCUT2D eigenvalue weighted by Crippen LogP contribution is -2.14. The van der Waals surface area contributed by atoms with Crippen molar-refractivity contribution in [2.45, 2.75) is 12.8 Å². The van der Waals surface area contributed by atoms with Gasteiger partial charge in [-0.3, -0.25) is 16.0 Å². The Morgan fingerprint density at radius 2 is 1.95 bits per heavy atom. The standard InChI is InChI=1S/C12H21N5O2/c1-16(2)6-4-3-5-14-10-7-11(15-13)9-12(8-10)17(18)19/h7-9,14-15H,3-6,13H2,1-2H3. The van der Waals surface area contributed by atoms with Crippen LogP contribution in [-0.4, -0.2) is 37.0 Å². The number of nitrogen functional groups attached to an aromatic ring is 1. The Kier molecular flexibility index (Phi) is 6.04. The van der Waals surface area contributed by atoms with Crippen LogP contribution in [0.3, 0.4) is 0 Å². The number of nitro groups is 1. The fourth-order valence-corrected chi connectivity index (χ4v) is 1.69. The van der Waals surface area contributed by atoms with Crippen LogP contribution < -0.4 is 16.6 Å². The number of rotatable bonds is 8. The van der Waals surface area contributed by atoms with Crippen LogP contribution in [0.25, 0.3) is 0 Å². The number of hydrazine groups is 1. The fraction of sp³-hybridized carbons (Fsp3) is 0.500. The van der Waals surface area contributed by atoms with E-state index < -0.39 is 4.92 Å². The first kappa shape index (κ1) is 15.2. The Labute approximate surface area is 112 Å². The lowest BCUT2D eigenvalue weighted by Gasteiger charge is -2.11. The molecule has 1 aromatic carbocycles. The number of hydrogen-bond acceptors (Lipinski definition) is 6. The highest BCUT2D eigenvalue weighted by Crippen LogP contribution is 2.23. The molecule has 4 N–H and O–H groups in total. The summed E-state index contributed by atoms with van der Waals surface area (Å²) in [6.45, 7) is 1.81. The SMILES string of the molecule is CN(C)CCCCNc1cc(NN)cc([N+](=O)[O-])c1. The Balaban J connectivity index is 2.53. The normalized spacial score (nSPS) is 10.5. The minimum Gasteiger partial charge on any atom is -0.385 e. The van der Waals surface area contributed by atoms with E-state index in [1.165, 1.54) is 12.1 Å². The summed E-state index contributed by atoms with van der Waals surface area (Å²) in [7, 11) is 4.07. The monoisotopic (exact) mass is 267 g/mol. The van der Waals surface area contributed by atoms with E-state index in [9.17, 15) is 10.1 Å². The molecule has 1 rings (SSSR count). The minimum atomic E-state index is -0.432. The Hall–Kier alpha value is -1.86. The molecule has 0 aliphatic heterocycles. The summed E-state index contributed by atoms with van der Waals surface area (Å²) in [5, 5.41) is 13.9. The average molecular weight is 267 g/mol. The predicted molar refractivity (Wildman–Crippen MR) is 77.2 cm³/mol. The number of nitrogens with two attached hydrogens (primary N) is 1. The maximum Gasteiger partial charge on any atom is 0.273 e. The van der Waals surface area contributed by atoms with Crippen molar-refractivity contribution in [3.63, 3.8) is 0 Å². The molecule has 7 nitrogen and oxygen atoms in total. The number of unbranched alkanes of at least 4 members (excludes halogenated alkanes) is 1. The molecule has 0 unspecified atom stereocenters. The van der Waals surface area contributed by atoms with E-state index in [1.807, 2.05) is 14.1 Å². The topological polar surface area (TPSA) is 96.5 Å². The minimum absolute atomic E-state index is 0.0197. The van der Waals surface area contributed by atoms with Gasteiger partial charge in [0.15, 0.2) is 0 Å². The van der Waals surface area contributed by atoms with Gasteiger partial charge in [0.05, 0.1) is 10.6 Å². The van der Waals surface area contributed by atoms with Crippen molar-refractivity contribution >= 4 is 17.1 Å². The number of non-ortho nitro benzene ring substituents is 1. The summed E-state index contributed by atoms with van der Waals surface area (Å²) in [5.74, 6) is 5.29. The van der Waals surface area contributed by atoms with Crippen molar-refractivity contribution < 1.29 is 4.92 Å². The fourth-order valence-electron chi connectivity index (χ4n) is 1.69. The number of hydrogen-bond donors (Lipinski definition) is 3. The highest BCUT2D eigenvalue weighted by molar-refractivity contribution is 5.63. The molecule has 0 atom stereocenters. The van der Waals surface area contributed by atoms with Crippen molar-refractivity contribution in [2.24, 2.45) is 5.84 Å². The van der Waals surface area contributed by atoms with Crippen molar-refractivity contribution in [3.8, 4) is 0 Å². The first-order valence-electron chi connectivity index (χ1n) is 6.17. The Morgan fingerprint density at radius 3 is 2.53 bits per heavy atom. The van der Waals surface area contributed by atoms with Gasteiger partial charge in [-0.25, -0.2) is 0 Å². The van der Waals surface area contributed by atoms with Gasteiger partial charge in [-0.15, -0.1) is 0 Å². The highest BCUT2D eigenvalue weighted by Gasteiger charge is 2.08. The lowest BCUT2D eigenvalue weighted by atomic mass is 10.2. The molecule has 0 spiro atoms. The summed E-state index contributed by atoms with van der Waals surface area (Å²) in [4.78, 5) is 12.5. The Morgan fingerprint density at radius 1 is 1.26 bits per heavy atom. The molecule has 0 saturated carbocycles. The molecule has 0 fully saturated rings. The number of benzene rings is 1. The largest absolute Gasteiger partial charge is 0.385 e. The summed E-state index contributed by atoms with van der Waals surface area (Å²) >= 11 is 0. The number of nitrogens with zero attached hydrogens (tertiary/aromatic N) is 2. The van der Waals surface area contributed by atoms with E-state index in [-0.39, 0.29) is 5.69 Å². The molecular formula is C12H21N5O2. The molecule has 0 bridgehead atoms. The van der Waals surface area contributed by atoms with Gasteiger partial charge in [-0.1, -0.05) is 0 Å². The zero-order chi connectivity index (χ0) is 14.3. The predicted octanol–water partition coefficient (Wildman–Crippen LogP) is 1.63. The van der Waals surface area contributed by atoms with Crippen molar-refractivity contribution in [1.29, 1.82) is 0 Å². The van der Waals surface area contributed by atoms with E-state index in [0.717, 1.165) is 25.9 Å². The summed E-state index contributed by atoms with van der Waals surface area (Å²) < 4.78 is 0. The van der Waals surface area contributed by atoms with E-state index in [0.29, 0.717) is 11.4 Å². The zero-order valence-corrected chi connectivity index (χ0v) is 11.3. The molecule has 0 aliphatic carbocycles.